The van der Waals surface area contributed by atoms with E-state index in [1.54, 1.807) is 26.2 Å². The van der Waals surface area contributed by atoms with Gasteiger partial charge in [0.25, 0.3) is 0 Å². The molecule has 0 N–H and O–H groups in total. The van der Waals surface area contributed by atoms with E-state index in [4.69, 9.17) is 14.2 Å². The van der Waals surface area contributed by atoms with E-state index in [1.165, 1.54) is 25.7 Å². The zero-order chi connectivity index (χ0) is 27.4. The average molecular weight is 530 g/mol. The summed E-state index contributed by atoms with van der Waals surface area (Å²) in [4.78, 5) is 33.5. The molecule has 4 rings (SSSR count). The van der Waals surface area contributed by atoms with Gasteiger partial charge in [-0.15, -0.1) is 0 Å². The molecule has 3 fully saturated rings. The lowest BCUT2D eigenvalue weighted by molar-refractivity contribution is -0.144. The van der Waals surface area contributed by atoms with Gasteiger partial charge in [0, 0.05) is 50.4 Å². The minimum absolute atomic E-state index is 0.149. The van der Waals surface area contributed by atoms with E-state index in [9.17, 15) is 9.59 Å². The van der Waals surface area contributed by atoms with Crippen LogP contribution in [0.3, 0.4) is 0 Å². The highest BCUT2D eigenvalue weighted by Gasteiger charge is 2.44. The quantitative estimate of drug-likeness (QED) is 0.444. The molecule has 0 spiro atoms. The summed E-state index contributed by atoms with van der Waals surface area (Å²) in [5.41, 5.74) is 0.409. The van der Waals surface area contributed by atoms with Crippen molar-refractivity contribution in [3.8, 4) is 11.5 Å². The lowest BCUT2D eigenvalue weighted by Crippen LogP contribution is -2.59. The molecule has 8 nitrogen and oxygen atoms in total. The van der Waals surface area contributed by atoms with Crippen LogP contribution in [0.15, 0.2) is 18.2 Å². The molecule has 1 heterocycles. The molecule has 3 atom stereocenters. The van der Waals surface area contributed by atoms with Gasteiger partial charge < -0.3 is 24.0 Å². The summed E-state index contributed by atoms with van der Waals surface area (Å²) in [6, 6.07) is 6.01. The molecule has 38 heavy (non-hydrogen) atoms. The van der Waals surface area contributed by atoms with Crippen molar-refractivity contribution >= 4 is 12.0 Å². The van der Waals surface area contributed by atoms with Gasteiger partial charge in [-0.2, -0.15) is 0 Å². The molecule has 8 heteroatoms. The molecule has 1 saturated heterocycles. The highest BCUT2D eigenvalue weighted by atomic mass is 16.6. The Kier molecular flexibility index (Phi) is 9.11. The third-order valence-corrected chi connectivity index (χ3v) is 8.23. The summed E-state index contributed by atoms with van der Waals surface area (Å²) in [6.45, 7) is 7.26. The predicted molar refractivity (Wildman–Crippen MR) is 147 cm³/mol. The van der Waals surface area contributed by atoms with Gasteiger partial charge in [-0.3, -0.25) is 9.69 Å². The number of rotatable bonds is 9. The molecule has 0 bridgehead atoms. The van der Waals surface area contributed by atoms with E-state index in [1.807, 2.05) is 39.0 Å². The Labute approximate surface area is 228 Å². The van der Waals surface area contributed by atoms with Crippen LogP contribution in [-0.4, -0.2) is 84.8 Å². The van der Waals surface area contributed by atoms with Crippen molar-refractivity contribution in [1.82, 2.24) is 14.7 Å². The average Bonchev–Trinajstić information content (AvgIpc) is 3.74. The molecule has 0 radical (unpaired) electrons. The maximum absolute atomic E-state index is 14.5. The first-order chi connectivity index (χ1) is 18.1. The Bertz CT molecular complexity index is 971. The number of hydrogen-bond acceptors (Lipinski definition) is 6. The van der Waals surface area contributed by atoms with Gasteiger partial charge in [0.05, 0.1) is 14.2 Å². The van der Waals surface area contributed by atoms with Gasteiger partial charge in [0.1, 0.15) is 23.1 Å². The van der Waals surface area contributed by atoms with Gasteiger partial charge in [-0.25, -0.2) is 4.79 Å². The number of likely N-dealkylation sites (N-methyl/N-ethyl adjacent to an activating group) is 1. The number of carbonyl (C=O) groups excluding carboxylic acids is 2. The summed E-state index contributed by atoms with van der Waals surface area (Å²) in [5, 5.41) is 0. The van der Waals surface area contributed by atoms with Crippen molar-refractivity contribution in [2.45, 2.75) is 102 Å². The van der Waals surface area contributed by atoms with E-state index in [-0.39, 0.29) is 12.5 Å². The van der Waals surface area contributed by atoms with Crippen LogP contribution in [0.2, 0.25) is 0 Å². The zero-order valence-electron chi connectivity index (χ0n) is 24.2. The molecule has 2 aliphatic carbocycles. The molecule has 0 aromatic heterocycles. The summed E-state index contributed by atoms with van der Waals surface area (Å²) in [5.74, 6) is 2.22. The molecule has 2 saturated carbocycles. The Balaban J connectivity index is 1.63. The van der Waals surface area contributed by atoms with Crippen LogP contribution in [0.5, 0.6) is 11.5 Å². The second-order valence-electron chi connectivity index (χ2n) is 12.2. The smallest absolute Gasteiger partial charge is 0.410 e. The van der Waals surface area contributed by atoms with Gasteiger partial charge in [0.2, 0.25) is 5.91 Å². The van der Waals surface area contributed by atoms with Crippen LogP contribution in [-0.2, 0) is 16.1 Å². The van der Waals surface area contributed by atoms with Gasteiger partial charge in [-0.05, 0) is 71.3 Å². The molecular weight excluding hydrogens is 482 g/mol. The Morgan fingerprint density at radius 1 is 1.03 bits per heavy atom. The van der Waals surface area contributed by atoms with Gasteiger partial charge >= 0.3 is 6.09 Å². The standard InChI is InChI=1S/C30H47N3O5/c1-30(2,3)38-29(35)31(4)20-26(28(34)32-17-9-11-21-10-7-8-12-25(21)32)33(23-14-15-23)19-22-13-16-24(36-5)18-27(22)37-6/h13,16,18,21,23,25-26H,7-12,14-15,17,19-20H2,1-6H3/t21-,25+,26-/m1/s1. The normalized spacial score (nSPS) is 22.4. The SMILES string of the molecule is COc1ccc(CN(C2CC2)[C@H](CN(C)C(=O)OC(C)(C)C)C(=O)N2CCC[C@H]3CCCC[C@@H]32)c(OC)c1. The van der Waals surface area contributed by atoms with Crippen molar-refractivity contribution in [1.29, 1.82) is 0 Å². The number of ether oxygens (including phenoxy) is 3. The fraction of sp³-hybridized carbons (Fsp3) is 0.733. The third-order valence-electron chi connectivity index (χ3n) is 8.23. The zero-order valence-corrected chi connectivity index (χ0v) is 24.2. The van der Waals surface area contributed by atoms with Crippen molar-refractivity contribution in [2.75, 3.05) is 34.4 Å². The van der Waals surface area contributed by atoms with E-state index < -0.39 is 17.7 Å². The Morgan fingerprint density at radius 2 is 1.74 bits per heavy atom. The molecule has 1 aromatic carbocycles. The number of piperidine rings is 1. The molecule has 1 aromatic rings. The summed E-state index contributed by atoms with van der Waals surface area (Å²) in [6.07, 6.45) is 8.70. The highest BCUT2D eigenvalue weighted by Crippen LogP contribution is 2.38. The fourth-order valence-corrected chi connectivity index (χ4v) is 6.17. The summed E-state index contributed by atoms with van der Waals surface area (Å²) < 4.78 is 16.8. The largest absolute Gasteiger partial charge is 0.497 e. The van der Waals surface area contributed by atoms with E-state index in [0.717, 1.165) is 49.3 Å². The molecule has 2 amide bonds. The first-order valence-corrected chi connectivity index (χ1v) is 14.3. The maximum atomic E-state index is 14.5. The second-order valence-corrected chi connectivity index (χ2v) is 12.2. The first-order valence-electron chi connectivity index (χ1n) is 14.3. The predicted octanol–water partition coefficient (Wildman–Crippen LogP) is 5.08. The number of likely N-dealkylation sites (tertiary alicyclic amines) is 1. The van der Waals surface area contributed by atoms with Gasteiger partial charge in [0.15, 0.2) is 0 Å². The van der Waals surface area contributed by atoms with E-state index in [0.29, 0.717) is 24.5 Å². The number of methoxy groups -OCH3 is 2. The van der Waals surface area contributed by atoms with Crippen molar-refractivity contribution in [3.05, 3.63) is 23.8 Å². The van der Waals surface area contributed by atoms with Crippen molar-refractivity contribution < 1.29 is 23.8 Å². The van der Waals surface area contributed by atoms with Gasteiger partial charge in [-0.1, -0.05) is 18.9 Å². The summed E-state index contributed by atoms with van der Waals surface area (Å²) in [7, 11) is 5.05. The lowest BCUT2D eigenvalue weighted by atomic mass is 9.78. The molecule has 1 aliphatic heterocycles. The Hall–Kier alpha value is -2.48. The summed E-state index contributed by atoms with van der Waals surface area (Å²) >= 11 is 0. The Morgan fingerprint density at radius 3 is 2.39 bits per heavy atom. The van der Waals surface area contributed by atoms with Crippen LogP contribution >= 0.6 is 0 Å². The highest BCUT2D eigenvalue weighted by molar-refractivity contribution is 5.83. The second kappa shape index (κ2) is 12.1. The van der Waals surface area contributed by atoms with Crippen LogP contribution < -0.4 is 9.47 Å². The topological polar surface area (TPSA) is 71.6 Å². The minimum atomic E-state index is -0.598. The number of hydrogen-bond donors (Lipinski definition) is 0. The van der Waals surface area contributed by atoms with Crippen LogP contribution in [0.25, 0.3) is 0 Å². The van der Waals surface area contributed by atoms with Crippen LogP contribution in [0.1, 0.15) is 77.7 Å². The third kappa shape index (κ3) is 6.93. The minimum Gasteiger partial charge on any atom is -0.497 e. The van der Waals surface area contributed by atoms with Crippen molar-refractivity contribution in [2.24, 2.45) is 5.92 Å². The van der Waals surface area contributed by atoms with E-state index in [2.05, 4.69) is 9.80 Å². The van der Waals surface area contributed by atoms with Crippen LogP contribution in [0, 0.1) is 5.92 Å². The van der Waals surface area contributed by atoms with E-state index >= 15 is 0 Å². The monoisotopic (exact) mass is 529 g/mol. The maximum Gasteiger partial charge on any atom is 0.410 e. The fourth-order valence-electron chi connectivity index (χ4n) is 6.17. The molecular formula is C30H47N3O5. The number of carbonyl (C=O) groups is 2. The molecule has 0 unspecified atom stereocenters. The number of nitrogens with zero attached hydrogens (tertiary/aromatic N) is 3. The number of amides is 2. The van der Waals surface area contributed by atoms with Crippen molar-refractivity contribution in [3.63, 3.8) is 0 Å². The number of fused-ring (bicyclic) bond motifs is 1. The van der Waals surface area contributed by atoms with Crippen LogP contribution in [0.4, 0.5) is 4.79 Å². The number of benzene rings is 1. The lowest BCUT2D eigenvalue weighted by Gasteiger charge is -2.47. The molecule has 212 valence electrons. The first kappa shape index (κ1) is 28.5. The molecule has 3 aliphatic rings.